The summed E-state index contributed by atoms with van der Waals surface area (Å²) in [6.45, 7) is 14.4. The van der Waals surface area contributed by atoms with E-state index in [2.05, 4.69) is 35.4 Å². The Kier molecular flexibility index (Phi) is 10.2. The van der Waals surface area contributed by atoms with Crippen molar-refractivity contribution in [1.82, 2.24) is 30.4 Å². The lowest BCUT2D eigenvalue weighted by Crippen LogP contribution is -2.48. The molecule has 29 heavy (non-hydrogen) atoms. The minimum Gasteiger partial charge on any atom is -0.357 e. The van der Waals surface area contributed by atoms with Crippen molar-refractivity contribution in [2.75, 3.05) is 70.3 Å². The zero-order valence-electron chi connectivity index (χ0n) is 18.1. The van der Waals surface area contributed by atoms with E-state index in [-0.39, 0.29) is 5.91 Å². The smallest absolute Gasteiger partial charge is 0.225 e. The molecule has 2 heterocycles. The van der Waals surface area contributed by atoms with E-state index in [1.165, 1.54) is 0 Å². The molecule has 0 bridgehead atoms. The molecular weight excluding hydrogens is 368 g/mol. The summed E-state index contributed by atoms with van der Waals surface area (Å²) in [6.07, 6.45) is 4.05. The molecule has 1 aliphatic heterocycles. The number of hydrogen-bond donors (Lipinski definition) is 2. The number of aliphatic imine (C=N–C) groups is 1. The molecule has 0 atom stereocenters. The van der Waals surface area contributed by atoms with E-state index in [1.54, 1.807) is 12.4 Å². The molecule has 0 saturated carbocycles. The quantitative estimate of drug-likeness (QED) is 0.431. The van der Waals surface area contributed by atoms with Gasteiger partial charge in [0, 0.05) is 77.7 Å². The number of nitrogens with zero attached hydrogens (tertiary/aromatic N) is 6. The molecule has 0 radical (unpaired) electrons. The van der Waals surface area contributed by atoms with E-state index < -0.39 is 0 Å². The maximum Gasteiger partial charge on any atom is 0.225 e. The van der Waals surface area contributed by atoms with Crippen LogP contribution in [0.2, 0.25) is 0 Å². The van der Waals surface area contributed by atoms with Gasteiger partial charge in [0.05, 0.1) is 6.54 Å². The fourth-order valence-corrected chi connectivity index (χ4v) is 3.29. The lowest BCUT2D eigenvalue weighted by atomic mass is 10.3. The first kappa shape index (κ1) is 22.9. The third-order valence-electron chi connectivity index (χ3n) is 4.99. The second-order valence-electron chi connectivity index (χ2n) is 6.88. The highest BCUT2D eigenvalue weighted by Gasteiger charge is 2.18. The molecule has 1 fully saturated rings. The summed E-state index contributed by atoms with van der Waals surface area (Å²) in [4.78, 5) is 31.9. The maximum absolute atomic E-state index is 12.1. The van der Waals surface area contributed by atoms with Gasteiger partial charge in [-0.3, -0.25) is 14.7 Å². The van der Waals surface area contributed by atoms with Crippen LogP contribution in [0.3, 0.4) is 0 Å². The molecule has 2 rings (SSSR count). The predicted octanol–water partition coefficient (Wildman–Crippen LogP) is 0.412. The highest BCUT2D eigenvalue weighted by molar-refractivity contribution is 5.81. The van der Waals surface area contributed by atoms with Gasteiger partial charge in [0.15, 0.2) is 5.96 Å². The summed E-state index contributed by atoms with van der Waals surface area (Å²) in [5, 5.41) is 6.52. The van der Waals surface area contributed by atoms with Crippen LogP contribution in [0.25, 0.3) is 0 Å². The van der Waals surface area contributed by atoms with E-state index in [0.29, 0.717) is 13.0 Å². The van der Waals surface area contributed by atoms with Gasteiger partial charge in [-0.25, -0.2) is 9.97 Å². The van der Waals surface area contributed by atoms with Crippen LogP contribution in [0.15, 0.2) is 23.5 Å². The number of amides is 1. The second kappa shape index (κ2) is 12.9. The van der Waals surface area contributed by atoms with Crippen molar-refractivity contribution in [3.63, 3.8) is 0 Å². The molecule has 0 aromatic carbocycles. The zero-order valence-corrected chi connectivity index (χ0v) is 18.1. The fourth-order valence-electron chi connectivity index (χ4n) is 3.29. The first-order valence-corrected chi connectivity index (χ1v) is 10.7. The van der Waals surface area contributed by atoms with E-state index in [1.807, 2.05) is 31.7 Å². The highest BCUT2D eigenvalue weighted by atomic mass is 16.2. The van der Waals surface area contributed by atoms with Crippen molar-refractivity contribution >= 4 is 17.8 Å². The minimum atomic E-state index is 0.179. The SMILES string of the molecule is CCNC(=NCCN1CCN(c2ncccn2)CC1)NCCC(=O)N(CC)CC. The van der Waals surface area contributed by atoms with Crippen molar-refractivity contribution in [3.05, 3.63) is 18.5 Å². The van der Waals surface area contributed by atoms with Crippen LogP contribution >= 0.6 is 0 Å². The summed E-state index contributed by atoms with van der Waals surface area (Å²) < 4.78 is 0. The Hall–Kier alpha value is -2.42. The highest BCUT2D eigenvalue weighted by Crippen LogP contribution is 2.09. The van der Waals surface area contributed by atoms with Crippen molar-refractivity contribution in [3.8, 4) is 0 Å². The standard InChI is InChI=1S/C20H36N8O/c1-4-21-19(22-11-8-18(29)27(5-2)6-3)23-12-13-26-14-16-28(17-15-26)20-24-9-7-10-25-20/h7,9-10H,4-6,8,11-17H2,1-3H3,(H2,21,22,23). The predicted molar refractivity (Wildman–Crippen MR) is 117 cm³/mol. The molecular formula is C20H36N8O. The van der Waals surface area contributed by atoms with E-state index in [0.717, 1.165) is 70.8 Å². The normalized spacial score (nSPS) is 15.3. The fraction of sp³-hybridized carbons (Fsp3) is 0.700. The van der Waals surface area contributed by atoms with Crippen LogP contribution in [-0.2, 0) is 4.79 Å². The third kappa shape index (κ3) is 7.84. The Balaban J connectivity index is 1.70. The average molecular weight is 405 g/mol. The Bertz CT molecular complexity index is 612. The molecule has 0 spiro atoms. The van der Waals surface area contributed by atoms with Crippen LogP contribution in [0, 0.1) is 0 Å². The van der Waals surface area contributed by atoms with Gasteiger partial charge in [0.25, 0.3) is 0 Å². The molecule has 1 aromatic rings. The average Bonchev–Trinajstić information content (AvgIpc) is 2.76. The number of aromatic nitrogens is 2. The lowest BCUT2D eigenvalue weighted by Gasteiger charge is -2.34. The second-order valence-corrected chi connectivity index (χ2v) is 6.88. The maximum atomic E-state index is 12.1. The molecule has 162 valence electrons. The van der Waals surface area contributed by atoms with Crippen molar-refractivity contribution in [2.24, 2.45) is 4.99 Å². The van der Waals surface area contributed by atoms with Crippen LogP contribution in [0.5, 0.6) is 0 Å². The van der Waals surface area contributed by atoms with Crippen LogP contribution < -0.4 is 15.5 Å². The van der Waals surface area contributed by atoms with Crippen molar-refractivity contribution in [1.29, 1.82) is 0 Å². The number of carbonyl (C=O) groups excluding carboxylic acids is 1. The Morgan fingerprint density at radius 1 is 1.10 bits per heavy atom. The number of carbonyl (C=O) groups is 1. The Morgan fingerprint density at radius 2 is 1.79 bits per heavy atom. The number of guanidine groups is 1. The molecule has 0 unspecified atom stereocenters. The summed E-state index contributed by atoms with van der Waals surface area (Å²) in [5.41, 5.74) is 0. The molecule has 0 aliphatic carbocycles. The number of rotatable bonds is 10. The number of piperazine rings is 1. The van der Waals surface area contributed by atoms with Crippen molar-refractivity contribution < 1.29 is 4.79 Å². The van der Waals surface area contributed by atoms with Crippen molar-refractivity contribution in [2.45, 2.75) is 27.2 Å². The lowest BCUT2D eigenvalue weighted by molar-refractivity contribution is -0.130. The largest absolute Gasteiger partial charge is 0.357 e. The van der Waals surface area contributed by atoms with E-state index >= 15 is 0 Å². The zero-order chi connectivity index (χ0) is 20.9. The molecule has 1 aliphatic rings. The van der Waals surface area contributed by atoms with Gasteiger partial charge in [0.1, 0.15) is 0 Å². The first-order chi connectivity index (χ1) is 14.2. The number of anilines is 1. The molecule has 9 heteroatoms. The molecule has 2 N–H and O–H groups in total. The van der Waals surface area contributed by atoms with Gasteiger partial charge in [-0.05, 0) is 26.8 Å². The molecule has 1 saturated heterocycles. The van der Waals surface area contributed by atoms with E-state index in [9.17, 15) is 4.79 Å². The summed E-state index contributed by atoms with van der Waals surface area (Å²) in [6, 6.07) is 1.84. The van der Waals surface area contributed by atoms with Crippen LogP contribution in [0.4, 0.5) is 5.95 Å². The topological polar surface area (TPSA) is 89.0 Å². The van der Waals surface area contributed by atoms with Gasteiger partial charge in [-0.15, -0.1) is 0 Å². The number of hydrogen-bond acceptors (Lipinski definition) is 6. The first-order valence-electron chi connectivity index (χ1n) is 10.7. The van der Waals surface area contributed by atoms with E-state index in [4.69, 9.17) is 0 Å². The Labute approximate surface area is 174 Å². The van der Waals surface area contributed by atoms with Crippen LogP contribution in [0.1, 0.15) is 27.2 Å². The molecule has 1 amide bonds. The van der Waals surface area contributed by atoms with Gasteiger partial charge in [-0.2, -0.15) is 0 Å². The van der Waals surface area contributed by atoms with Gasteiger partial charge < -0.3 is 20.4 Å². The van der Waals surface area contributed by atoms with Gasteiger partial charge >= 0.3 is 0 Å². The summed E-state index contributed by atoms with van der Waals surface area (Å²) in [7, 11) is 0. The molecule has 1 aromatic heterocycles. The third-order valence-corrected chi connectivity index (χ3v) is 4.99. The summed E-state index contributed by atoms with van der Waals surface area (Å²) in [5.74, 6) is 1.76. The van der Waals surface area contributed by atoms with Gasteiger partial charge in [-0.1, -0.05) is 0 Å². The monoisotopic (exact) mass is 404 g/mol. The van der Waals surface area contributed by atoms with Crippen LogP contribution in [-0.4, -0.2) is 97.1 Å². The summed E-state index contributed by atoms with van der Waals surface area (Å²) >= 11 is 0. The van der Waals surface area contributed by atoms with Gasteiger partial charge in [0.2, 0.25) is 11.9 Å². The number of nitrogens with one attached hydrogen (secondary N) is 2. The Morgan fingerprint density at radius 3 is 2.41 bits per heavy atom. The molecule has 9 nitrogen and oxygen atoms in total. The minimum absolute atomic E-state index is 0.179.